The summed E-state index contributed by atoms with van der Waals surface area (Å²) in [5, 5.41) is 8.69. The Balaban J connectivity index is 2.39. The number of aliphatic imine (C=N–C) groups is 1. The Morgan fingerprint density at radius 3 is 2.47 bits per heavy atom. The zero-order valence-electron chi connectivity index (χ0n) is 11.1. The molecule has 5 heteroatoms. The van der Waals surface area contributed by atoms with E-state index in [2.05, 4.69) is 9.89 Å². The van der Waals surface area contributed by atoms with Crippen molar-refractivity contribution in [2.75, 3.05) is 26.3 Å². The van der Waals surface area contributed by atoms with E-state index in [1.54, 1.807) is 0 Å². The van der Waals surface area contributed by atoms with Crippen LogP contribution in [0.25, 0.3) is 0 Å². The van der Waals surface area contributed by atoms with Gasteiger partial charge in [0.05, 0.1) is 24.9 Å². The highest BCUT2D eigenvalue weighted by molar-refractivity contribution is 5.78. The molecule has 0 aromatic heterocycles. The van der Waals surface area contributed by atoms with E-state index in [9.17, 15) is 0 Å². The fraction of sp³-hybridized carbons (Fsp3) is 0.917. The lowest BCUT2D eigenvalue weighted by molar-refractivity contribution is 0.00142. The van der Waals surface area contributed by atoms with Gasteiger partial charge in [-0.25, -0.2) is 4.99 Å². The van der Waals surface area contributed by atoms with Gasteiger partial charge in [0.25, 0.3) is 0 Å². The summed E-state index contributed by atoms with van der Waals surface area (Å²) in [5.41, 5.74) is 5.84. The zero-order valence-corrected chi connectivity index (χ0v) is 11.1. The van der Waals surface area contributed by atoms with Gasteiger partial charge in [0.15, 0.2) is 5.96 Å². The first-order valence-electron chi connectivity index (χ1n) is 6.25. The molecule has 0 aromatic carbocycles. The van der Waals surface area contributed by atoms with Gasteiger partial charge in [0, 0.05) is 13.1 Å². The van der Waals surface area contributed by atoms with Crippen LogP contribution in [-0.4, -0.2) is 53.9 Å². The minimum Gasteiger partial charge on any atom is -0.394 e. The summed E-state index contributed by atoms with van der Waals surface area (Å²) in [6.07, 6.45) is 2.14. The smallest absolute Gasteiger partial charge is 0.191 e. The second kappa shape index (κ2) is 6.21. The normalized spacial score (nSPS) is 19.8. The molecule has 1 aliphatic rings. The van der Waals surface area contributed by atoms with Crippen molar-refractivity contribution in [2.45, 2.75) is 45.3 Å². The molecular weight excluding hydrogens is 218 g/mol. The molecule has 0 aliphatic carbocycles. The van der Waals surface area contributed by atoms with Gasteiger partial charge in [-0.05, 0) is 33.6 Å². The van der Waals surface area contributed by atoms with Gasteiger partial charge in [-0.2, -0.15) is 0 Å². The van der Waals surface area contributed by atoms with Crippen LogP contribution in [0.2, 0.25) is 0 Å². The standard InChI is InChI=1S/C12H25N3O2/c1-12(2,3)14-11(13)15-6-4-10(5-7-15)17-9-8-16/h10,16H,4-9H2,1-3H3,(H2,13,14). The fourth-order valence-electron chi connectivity index (χ4n) is 1.89. The van der Waals surface area contributed by atoms with Gasteiger partial charge in [-0.1, -0.05) is 0 Å². The van der Waals surface area contributed by atoms with Crippen molar-refractivity contribution in [3.05, 3.63) is 0 Å². The molecule has 1 rings (SSSR count). The average Bonchev–Trinajstić information content (AvgIpc) is 2.24. The van der Waals surface area contributed by atoms with Crippen molar-refractivity contribution in [1.82, 2.24) is 4.90 Å². The Kier molecular flexibility index (Phi) is 5.21. The number of hydrogen-bond acceptors (Lipinski definition) is 3. The highest BCUT2D eigenvalue weighted by Crippen LogP contribution is 2.14. The summed E-state index contributed by atoms with van der Waals surface area (Å²) in [5.74, 6) is 0.623. The largest absolute Gasteiger partial charge is 0.394 e. The lowest BCUT2D eigenvalue weighted by Crippen LogP contribution is -2.45. The molecule has 1 saturated heterocycles. The molecule has 1 heterocycles. The first-order valence-corrected chi connectivity index (χ1v) is 6.25. The first kappa shape index (κ1) is 14.3. The predicted octanol–water partition coefficient (Wildman–Crippen LogP) is 0.573. The van der Waals surface area contributed by atoms with E-state index < -0.39 is 0 Å². The van der Waals surface area contributed by atoms with E-state index in [4.69, 9.17) is 15.6 Å². The molecule has 0 aromatic rings. The third-order valence-corrected chi connectivity index (χ3v) is 2.66. The summed E-state index contributed by atoms with van der Waals surface area (Å²) in [6, 6.07) is 0. The minimum absolute atomic E-state index is 0.0911. The van der Waals surface area contributed by atoms with E-state index in [1.807, 2.05) is 20.8 Å². The van der Waals surface area contributed by atoms with Crippen LogP contribution >= 0.6 is 0 Å². The maximum atomic E-state index is 8.69. The van der Waals surface area contributed by atoms with Crippen LogP contribution in [0.1, 0.15) is 33.6 Å². The Morgan fingerprint density at radius 1 is 1.41 bits per heavy atom. The third kappa shape index (κ3) is 5.37. The number of nitrogens with two attached hydrogens (primary N) is 1. The molecule has 1 aliphatic heterocycles. The van der Waals surface area contributed by atoms with E-state index in [0.717, 1.165) is 25.9 Å². The predicted molar refractivity (Wildman–Crippen MR) is 69.0 cm³/mol. The number of likely N-dealkylation sites (tertiary alicyclic amines) is 1. The molecule has 17 heavy (non-hydrogen) atoms. The molecule has 0 atom stereocenters. The highest BCUT2D eigenvalue weighted by Gasteiger charge is 2.21. The Bertz CT molecular complexity index is 253. The fourth-order valence-corrected chi connectivity index (χ4v) is 1.89. The van der Waals surface area contributed by atoms with Crippen LogP contribution in [0.15, 0.2) is 4.99 Å². The van der Waals surface area contributed by atoms with Gasteiger partial charge < -0.3 is 20.5 Å². The number of ether oxygens (including phenoxy) is 1. The van der Waals surface area contributed by atoms with Crippen LogP contribution in [-0.2, 0) is 4.74 Å². The van der Waals surface area contributed by atoms with Gasteiger partial charge in [0.2, 0.25) is 0 Å². The van der Waals surface area contributed by atoms with Crippen LogP contribution < -0.4 is 5.73 Å². The van der Waals surface area contributed by atoms with Crippen molar-refractivity contribution in [3.8, 4) is 0 Å². The summed E-state index contributed by atoms with van der Waals surface area (Å²) in [6.45, 7) is 8.39. The van der Waals surface area contributed by atoms with Crippen LogP contribution in [0.4, 0.5) is 0 Å². The van der Waals surface area contributed by atoms with E-state index >= 15 is 0 Å². The van der Waals surface area contributed by atoms with Crippen molar-refractivity contribution in [2.24, 2.45) is 10.7 Å². The van der Waals surface area contributed by atoms with Crippen molar-refractivity contribution in [3.63, 3.8) is 0 Å². The molecule has 0 spiro atoms. The van der Waals surface area contributed by atoms with Gasteiger partial charge >= 0.3 is 0 Å². The van der Waals surface area contributed by atoms with Crippen molar-refractivity contribution < 1.29 is 9.84 Å². The number of hydrogen-bond donors (Lipinski definition) is 2. The van der Waals surface area contributed by atoms with Crippen molar-refractivity contribution >= 4 is 5.96 Å². The molecule has 0 amide bonds. The molecule has 100 valence electrons. The summed E-state index contributed by atoms with van der Waals surface area (Å²) in [4.78, 5) is 6.56. The number of nitrogens with zero attached hydrogens (tertiary/aromatic N) is 2. The lowest BCUT2D eigenvalue weighted by Gasteiger charge is -2.33. The van der Waals surface area contributed by atoms with E-state index in [-0.39, 0.29) is 18.2 Å². The van der Waals surface area contributed by atoms with Gasteiger partial charge in [-0.15, -0.1) is 0 Å². The highest BCUT2D eigenvalue weighted by atomic mass is 16.5. The molecule has 0 bridgehead atoms. The quantitative estimate of drug-likeness (QED) is 0.561. The number of guanidine groups is 1. The third-order valence-electron chi connectivity index (χ3n) is 2.66. The Morgan fingerprint density at radius 2 is 2.00 bits per heavy atom. The number of aliphatic hydroxyl groups is 1. The molecule has 5 nitrogen and oxygen atoms in total. The number of rotatable bonds is 3. The second-order valence-electron chi connectivity index (χ2n) is 5.42. The van der Waals surface area contributed by atoms with Gasteiger partial charge in [-0.3, -0.25) is 0 Å². The van der Waals surface area contributed by atoms with E-state index in [1.165, 1.54) is 0 Å². The Labute approximate surface area is 104 Å². The molecule has 1 fully saturated rings. The average molecular weight is 243 g/mol. The van der Waals surface area contributed by atoms with Gasteiger partial charge in [0.1, 0.15) is 0 Å². The maximum Gasteiger partial charge on any atom is 0.191 e. The molecule has 0 unspecified atom stereocenters. The maximum absolute atomic E-state index is 8.69. The molecule has 3 N–H and O–H groups in total. The van der Waals surface area contributed by atoms with Crippen LogP contribution in [0, 0.1) is 0 Å². The first-order chi connectivity index (χ1) is 7.92. The van der Waals surface area contributed by atoms with E-state index in [0.29, 0.717) is 12.6 Å². The number of aliphatic hydroxyl groups excluding tert-OH is 1. The topological polar surface area (TPSA) is 71.1 Å². The SMILES string of the molecule is CC(C)(C)N=C(N)N1CCC(OCCO)CC1. The molecule has 0 radical (unpaired) electrons. The minimum atomic E-state index is -0.131. The zero-order chi connectivity index (χ0) is 12.9. The van der Waals surface area contributed by atoms with Crippen LogP contribution in [0.3, 0.4) is 0 Å². The summed E-state index contributed by atoms with van der Waals surface area (Å²) < 4.78 is 5.50. The summed E-state index contributed by atoms with van der Waals surface area (Å²) >= 11 is 0. The number of piperidine rings is 1. The molecular formula is C12H25N3O2. The van der Waals surface area contributed by atoms with Crippen molar-refractivity contribution in [1.29, 1.82) is 0 Å². The lowest BCUT2D eigenvalue weighted by atomic mass is 10.1. The Hall–Kier alpha value is -0.810. The summed E-state index contributed by atoms with van der Waals surface area (Å²) in [7, 11) is 0. The molecule has 0 saturated carbocycles. The second-order valence-corrected chi connectivity index (χ2v) is 5.42. The monoisotopic (exact) mass is 243 g/mol. The van der Waals surface area contributed by atoms with Crippen LogP contribution in [0.5, 0.6) is 0 Å².